The quantitative estimate of drug-likeness (QED) is 0.330. The number of nitrogens with one attached hydrogen (secondary N) is 1. The third kappa shape index (κ3) is 5.65. The van der Waals surface area contributed by atoms with Gasteiger partial charge in [0.05, 0.1) is 11.5 Å². The number of sulfone groups is 1. The van der Waals surface area contributed by atoms with E-state index in [0.717, 1.165) is 25.7 Å². The Bertz CT molecular complexity index is 826. The highest BCUT2D eigenvalue weighted by Crippen LogP contribution is 2.36. The van der Waals surface area contributed by atoms with Crippen molar-refractivity contribution in [2.24, 2.45) is 0 Å². The predicted octanol–water partition coefficient (Wildman–Crippen LogP) is 2.93. The van der Waals surface area contributed by atoms with Crippen LogP contribution in [-0.2, 0) is 28.9 Å². The third-order valence-electron chi connectivity index (χ3n) is 5.61. The lowest BCUT2D eigenvalue weighted by Crippen LogP contribution is -2.56. The fraction of sp³-hybridized carbons (Fsp3) is 0.591. The van der Waals surface area contributed by atoms with Crippen molar-refractivity contribution in [3.05, 3.63) is 36.9 Å². The number of benzene rings is 1. The van der Waals surface area contributed by atoms with Crippen LogP contribution in [0.25, 0.3) is 0 Å². The summed E-state index contributed by atoms with van der Waals surface area (Å²) in [6, 6.07) is 6.18. The van der Waals surface area contributed by atoms with E-state index in [-0.39, 0.29) is 31.0 Å². The minimum Gasteiger partial charge on any atom is -0.494 e. The zero-order valence-corrected chi connectivity index (χ0v) is 18.5. The van der Waals surface area contributed by atoms with Gasteiger partial charge < -0.3 is 14.2 Å². The molecule has 1 atom stereocenters. The summed E-state index contributed by atoms with van der Waals surface area (Å²) in [6.07, 6.45) is 5.56. The van der Waals surface area contributed by atoms with Crippen LogP contribution in [0.2, 0.25) is 0 Å². The number of rotatable bonds is 10. The summed E-state index contributed by atoms with van der Waals surface area (Å²) in [4.78, 5) is 18.5. The molecule has 9 heteroatoms. The number of hydrogen-bond donors (Lipinski definition) is 1. The van der Waals surface area contributed by atoms with Gasteiger partial charge in [-0.25, -0.2) is 18.7 Å². The maximum Gasteiger partial charge on any atom is 0.265 e. The Balaban J connectivity index is 1.73. The zero-order chi connectivity index (χ0) is 22.2. The molecule has 2 aliphatic rings. The van der Waals surface area contributed by atoms with Crippen molar-refractivity contribution in [2.75, 3.05) is 26.4 Å². The molecule has 0 spiro atoms. The van der Waals surface area contributed by atoms with Crippen LogP contribution in [0.1, 0.15) is 44.9 Å². The number of hydroxylamine groups is 1. The van der Waals surface area contributed by atoms with Crippen molar-refractivity contribution in [3.63, 3.8) is 0 Å². The molecule has 1 N–H and O–H groups in total. The number of amides is 1. The molecule has 0 bridgehead atoms. The summed E-state index contributed by atoms with van der Waals surface area (Å²) in [7, 11) is -4.00. The predicted molar refractivity (Wildman–Crippen MR) is 114 cm³/mol. The minimum absolute atomic E-state index is 0.0514. The third-order valence-corrected chi connectivity index (χ3v) is 8.12. The number of unbranched alkanes of at least 4 members (excludes halogenated alkanes) is 1. The van der Waals surface area contributed by atoms with Gasteiger partial charge in [0.2, 0.25) is 0 Å². The van der Waals surface area contributed by atoms with E-state index in [0.29, 0.717) is 25.4 Å². The van der Waals surface area contributed by atoms with Gasteiger partial charge in [0.1, 0.15) is 5.75 Å². The van der Waals surface area contributed by atoms with E-state index < -0.39 is 26.8 Å². The average molecular weight is 454 g/mol. The van der Waals surface area contributed by atoms with Crippen molar-refractivity contribution >= 4 is 15.7 Å². The van der Waals surface area contributed by atoms with Crippen LogP contribution in [0.15, 0.2) is 41.8 Å². The summed E-state index contributed by atoms with van der Waals surface area (Å²) >= 11 is 0. The maximum atomic E-state index is 13.6. The van der Waals surface area contributed by atoms with Crippen LogP contribution in [0.4, 0.5) is 0 Å². The zero-order valence-electron chi connectivity index (χ0n) is 17.7. The molecule has 2 saturated heterocycles. The molecule has 2 fully saturated rings. The molecule has 0 aromatic heterocycles. The molecule has 2 aliphatic heterocycles. The summed E-state index contributed by atoms with van der Waals surface area (Å²) in [6.45, 7) is 5.10. The number of carbonyl (C=O) groups excluding carboxylic acids is 1. The van der Waals surface area contributed by atoms with Crippen LogP contribution in [0.5, 0.6) is 5.75 Å². The Morgan fingerprint density at radius 1 is 1.19 bits per heavy atom. The molecule has 0 aliphatic carbocycles. The van der Waals surface area contributed by atoms with E-state index in [4.69, 9.17) is 19.0 Å². The van der Waals surface area contributed by atoms with Crippen LogP contribution in [0.3, 0.4) is 0 Å². The van der Waals surface area contributed by atoms with E-state index in [1.807, 2.05) is 6.08 Å². The van der Waals surface area contributed by atoms with Crippen LogP contribution in [-0.4, -0.2) is 51.8 Å². The first-order valence-corrected chi connectivity index (χ1v) is 12.2. The molecule has 1 unspecified atom stereocenters. The molecule has 0 radical (unpaired) electrons. The smallest absolute Gasteiger partial charge is 0.265 e. The Kier molecular flexibility index (Phi) is 8.48. The lowest BCUT2D eigenvalue weighted by atomic mass is 9.98. The van der Waals surface area contributed by atoms with E-state index >= 15 is 0 Å². The second kappa shape index (κ2) is 11.1. The molecular formula is C22H31NO7S. The molecule has 1 aromatic carbocycles. The lowest BCUT2D eigenvalue weighted by Gasteiger charge is -2.35. The Morgan fingerprint density at radius 2 is 1.94 bits per heavy atom. The first-order valence-electron chi connectivity index (χ1n) is 10.7. The SMILES string of the molecule is C=CCCCOc1ccc(S(=O)(=O)C2(C(=O)NOC3CCCCO3)CCOCC2)cc1. The normalized spacial score (nSPS) is 21.2. The minimum atomic E-state index is -4.00. The molecule has 31 heavy (non-hydrogen) atoms. The van der Waals surface area contributed by atoms with Gasteiger partial charge in [-0.05, 0) is 62.8 Å². The van der Waals surface area contributed by atoms with Crippen LogP contribution in [0, 0.1) is 0 Å². The largest absolute Gasteiger partial charge is 0.494 e. The molecule has 8 nitrogen and oxygen atoms in total. The van der Waals surface area contributed by atoms with Crippen molar-refractivity contribution in [1.82, 2.24) is 5.48 Å². The van der Waals surface area contributed by atoms with Crippen LogP contribution < -0.4 is 10.2 Å². The fourth-order valence-electron chi connectivity index (χ4n) is 3.69. The molecule has 0 saturated carbocycles. The van der Waals surface area contributed by atoms with Gasteiger partial charge in [-0.3, -0.25) is 4.79 Å². The van der Waals surface area contributed by atoms with Crippen molar-refractivity contribution < 1.29 is 32.3 Å². The summed E-state index contributed by atoms with van der Waals surface area (Å²) < 4.78 is 41.9. The van der Waals surface area contributed by atoms with E-state index in [1.54, 1.807) is 12.1 Å². The molecule has 3 rings (SSSR count). The number of carbonyl (C=O) groups is 1. The van der Waals surface area contributed by atoms with Gasteiger partial charge >= 0.3 is 0 Å². The fourth-order valence-corrected chi connectivity index (χ4v) is 5.63. The second-order valence-electron chi connectivity index (χ2n) is 7.71. The number of hydrogen-bond acceptors (Lipinski definition) is 7. The summed E-state index contributed by atoms with van der Waals surface area (Å²) in [5.41, 5.74) is 2.36. The van der Waals surface area contributed by atoms with E-state index in [2.05, 4.69) is 12.1 Å². The lowest BCUT2D eigenvalue weighted by molar-refractivity contribution is -0.202. The molecule has 1 amide bonds. The van der Waals surface area contributed by atoms with E-state index in [9.17, 15) is 13.2 Å². The Hall–Kier alpha value is -1.94. The van der Waals surface area contributed by atoms with Gasteiger partial charge in [0, 0.05) is 26.2 Å². The topological polar surface area (TPSA) is 100 Å². The standard InChI is InChI=1S/C22H31NO7S/c1-2-3-5-14-28-18-8-10-19(11-9-18)31(25,26)22(12-16-27-17-13-22)21(24)23-30-20-7-4-6-15-29-20/h2,8-11,20H,1,3-7,12-17H2,(H,23,24). The number of ether oxygens (including phenoxy) is 3. The monoisotopic (exact) mass is 453 g/mol. The van der Waals surface area contributed by atoms with Gasteiger partial charge in [-0.2, -0.15) is 0 Å². The second-order valence-corrected chi connectivity index (χ2v) is 9.97. The molecule has 1 aromatic rings. The van der Waals surface area contributed by atoms with Crippen molar-refractivity contribution in [3.8, 4) is 5.75 Å². The molecular weight excluding hydrogens is 422 g/mol. The van der Waals surface area contributed by atoms with E-state index in [1.165, 1.54) is 12.1 Å². The first-order chi connectivity index (χ1) is 15.0. The van der Waals surface area contributed by atoms with Crippen molar-refractivity contribution in [2.45, 2.75) is 60.9 Å². The molecule has 172 valence electrons. The van der Waals surface area contributed by atoms with Gasteiger partial charge in [-0.1, -0.05) is 6.08 Å². The highest BCUT2D eigenvalue weighted by atomic mass is 32.2. The summed E-state index contributed by atoms with van der Waals surface area (Å²) in [5, 5.41) is 0. The van der Waals surface area contributed by atoms with Gasteiger partial charge in [0.15, 0.2) is 20.9 Å². The molecule has 2 heterocycles. The maximum absolute atomic E-state index is 13.6. The summed E-state index contributed by atoms with van der Waals surface area (Å²) in [5.74, 6) is -0.110. The Labute approximate surface area is 183 Å². The van der Waals surface area contributed by atoms with Gasteiger partial charge in [-0.15, -0.1) is 6.58 Å². The van der Waals surface area contributed by atoms with Crippen LogP contribution >= 0.6 is 0 Å². The number of allylic oxidation sites excluding steroid dienone is 1. The average Bonchev–Trinajstić information content (AvgIpc) is 2.81. The highest BCUT2D eigenvalue weighted by Gasteiger charge is 2.52. The highest BCUT2D eigenvalue weighted by molar-refractivity contribution is 7.93. The Morgan fingerprint density at radius 3 is 2.58 bits per heavy atom. The first kappa shape index (κ1) is 23.7. The van der Waals surface area contributed by atoms with Crippen molar-refractivity contribution in [1.29, 1.82) is 0 Å². The van der Waals surface area contributed by atoms with Gasteiger partial charge in [0.25, 0.3) is 5.91 Å².